The third-order valence-electron chi connectivity index (χ3n) is 3.12. The van der Waals surface area contributed by atoms with Crippen LogP contribution in [0.3, 0.4) is 0 Å². The second kappa shape index (κ2) is 6.38. The predicted octanol–water partition coefficient (Wildman–Crippen LogP) is 2.12. The Morgan fingerprint density at radius 3 is 2.68 bits per heavy atom. The van der Waals surface area contributed by atoms with Gasteiger partial charge in [-0.05, 0) is 36.6 Å². The van der Waals surface area contributed by atoms with E-state index < -0.39 is 0 Å². The Kier molecular flexibility index (Phi) is 4.58. The van der Waals surface area contributed by atoms with E-state index in [-0.39, 0.29) is 18.2 Å². The molecule has 102 valence electrons. The molecule has 1 heterocycles. The first-order valence-electron chi connectivity index (χ1n) is 6.27. The first-order chi connectivity index (χ1) is 9.22. The molecule has 0 radical (unpaired) electrons. The summed E-state index contributed by atoms with van der Waals surface area (Å²) in [5.74, 6) is 0.523. The lowest BCUT2D eigenvalue weighted by Gasteiger charge is -2.02. The molecule has 0 bridgehead atoms. The number of hydrogen-bond acceptors (Lipinski definition) is 4. The summed E-state index contributed by atoms with van der Waals surface area (Å²) in [6.07, 6.45) is 5.34. The van der Waals surface area contributed by atoms with Crippen LogP contribution in [0, 0.1) is 0 Å². The zero-order valence-corrected chi connectivity index (χ0v) is 11.2. The van der Waals surface area contributed by atoms with Crippen molar-refractivity contribution in [1.29, 1.82) is 0 Å². The standard InChI is InChI=1S/C15H18O4/c1-17-12-6-3-11(4-7-12)5-8-13-14(19-13)9-10-15(16)18-2/h3-4,6-7,9-10,13-14H,5,8H2,1-2H3/b10-9+/t13-,14-/m1/s1. The molecule has 0 aliphatic carbocycles. The van der Waals surface area contributed by atoms with E-state index in [0.29, 0.717) is 0 Å². The normalized spacial score (nSPS) is 21.4. The van der Waals surface area contributed by atoms with Gasteiger partial charge in [-0.15, -0.1) is 0 Å². The Morgan fingerprint density at radius 2 is 2.05 bits per heavy atom. The number of ether oxygens (including phenoxy) is 3. The number of aryl methyl sites for hydroxylation is 1. The molecule has 0 spiro atoms. The number of carbonyl (C=O) groups is 1. The number of rotatable bonds is 6. The van der Waals surface area contributed by atoms with Gasteiger partial charge in [0.05, 0.1) is 20.3 Å². The van der Waals surface area contributed by atoms with E-state index in [9.17, 15) is 4.79 Å². The van der Waals surface area contributed by atoms with Gasteiger partial charge in [0.25, 0.3) is 0 Å². The minimum absolute atomic E-state index is 0.0531. The second-order valence-corrected chi connectivity index (χ2v) is 4.41. The molecule has 0 amide bonds. The summed E-state index contributed by atoms with van der Waals surface area (Å²) in [5, 5.41) is 0. The van der Waals surface area contributed by atoms with Crippen LogP contribution in [0.5, 0.6) is 5.75 Å². The highest BCUT2D eigenvalue weighted by Crippen LogP contribution is 2.28. The van der Waals surface area contributed by atoms with Crippen LogP contribution in [-0.2, 0) is 20.7 Å². The molecule has 2 atom stereocenters. The van der Waals surface area contributed by atoms with Crippen LogP contribution < -0.4 is 4.74 Å². The van der Waals surface area contributed by atoms with Gasteiger partial charge in [-0.2, -0.15) is 0 Å². The summed E-state index contributed by atoms with van der Waals surface area (Å²) in [6, 6.07) is 8.02. The first kappa shape index (κ1) is 13.6. The summed E-state index contributed by atoms with van der Waals surface area (Å²) in [4.78, 5) is 10.9. The molecule has 1 saturated heterocycles. The van der Waals surface area contributed by atoms with Gasteiger partial charge in [-0.1, -0.05) is 12.1 Å². The van der Waals surface area contributed by atoms with Gasteiger partial charge >= 0.3 is 5.97 Å². The molecule has 4 nitrogen and oxygen atoms in total. The van der Waals surface area contributed by atoms with Crippen molar-refractivity contribution in [3.8, 4) is 5.75 Å². The summed E-state index contributed by atoms with van der Waals surface area (Å²) in [7, 11) is 3.02. The molecule has 19 heavy (non-hydrogen) atoms. The third-order valence-corrected chi connectivity index (χ3v) is 3.12. The van der Waals surface area contributed by atoms with Crippen molar-refractivity contribution in [3.05, 3.63) is 42.0 Å². The number of esters is 1. The molecular weight excluding hydrogens is 244 g/mol. The van der Waals surface area contributed by atoms with E-state index in [1.54, 1.807) is 13.2 Å². The van der Waals surface area contributed by atoms with Crippen LogP contribution in [0.15, 0.2) is 36.4 Å². The number of epoxide rings is 1. The van der Waals surface area contributed by atoms with Crippen LogP contribution in [-0.4, -0.2) is 32.4 Å². The maximum Gasteiger partial charge on any atom is 0.330 e. The van der Waals surface area contributed by atoms with Crippen molar-refractivity contribution in [2.75, 3.05) is 14.2 Å². The lowest BCUT2D eigenvalue weighted by Crippen LogP contribution is -1.97. The minimum Gasteiger partial charge on any atom is -0.497 e. The zero-order valence-electron chi connectivity index (χ0n) is 11.2. The minimum atomic E-state index is -0.343. The van der Waals surface area contributed by atoms with Gasteiger partial charge in [0, 0.05) is 6.08 Å². The van der Waals surface area contributed by atoms with E-state index in [1.165, 1.54) is 18.7 Å². The molecule has 1 aromatic rings. The lowest BCUT2D eigenvalue weighted by atomic mass is 10.1. The fourth-order valence-electron chi connectivity index (χ4n) is 1.90. The van der Waals surface area contributed by atoms with E-state index in [2.05, 4.69) is 16.9 Å². The number of carbonyl (C=O) groups excluding carboxylic acids is 1. The van der Waals surface area contributed by atoms with Crippen molar-refractivity contribution in [1.82, 2.24) is 0 Å². The highest BCUT2D eigenvalue weighted by atomic mass is 16.6. The quantitative estimate of drug-likeness (QED) is 0.447. The molecule has 1 fully saturated rings. The number of methoxy groups -OCH3 is 2. The Morgan fingerprint density at radius 1 is 1.32 bits per heavy atom. The van der Waals surface area contributed by atoms with Crippen LogP contribution in [0.4, 0.5) is 0 Å². The van der Waals surface area contributed by atoms with Crippen LogP contribution in [0.25, 0.3) is 0 Å². The highest BCUT2D eigenvalue weighted by molar-refractivity contribution is 5.81. The molecule has 1 aliphatic rings. The van der Waals surface area contributed by atoms with E-state index in [4.69, 9.17) is 9.47 Å². The van der Waals surface area contributed by atoms with Gasteiger partial charge in [-0.3, -0.25) is 0 Å². The molecule has 0 unspecified atom stereocenters. The smallest absolute Gasteiger partial charge is 0.330 e. The Bertz CT molecular complexity index is 450. The van der Waals surface area contributed by atoms with Gasteiger partial charge in [0.15, 0.2) is 0 Å². The van der Waals surface area contributed by atoms with Gasteiger partial charge < -0.3 is 14.2 Å². The van der Waals surface area contributed by atoms with Crippen molar-refractivity contribution < 1.29 is 19.0 Å². The average Bonchev–Trinajstić information content (AvgIpc) is 3.21. The van der Waals surface area contributed by atoms with E-state index in [0.717, 1.165) is 18.6 Å². The number of benzene rings is 1. The molecule has 0 aromatic heterocycles. The van der Waals surface area contributed by atoms with Crippen LogP contribution >= 0.6 is 0 Å². The number of hydrogen-bond donors (Lipinski definition) is 0. The van der Waals surface area contributed by atoms with E-state index in [1.807, 2.05) is 12.1 Å². The monoisotopic (exact) mass is 262 g/mol. The topological polar surface area (TPSA) is 48.1 Å². The summed E-state index contributed by atoms with van der Waals surface area (Å²) in [5.41, 5.74) is 1.26. The Hall–Kier alpha value is -1.81. The summed E-state index contributed by atoms with van der Waals surface area (Å²) < 4.78 is 15.1. The second-order valence-electron chi connectivity index (χ2n) is 4.41. The Balaban J connectivity index is 1.72. The van der Waals surface area contributed by atoms with Crippen molar-refractivity contribution in [2.45, 2.75) is 25.0 Å². The lowest BCUT2D eigenvalue weighted by molar-refractivity contribution is -0.134. The maximum absolute atomic E-state index is 10.9. The molecule has 0 saturated carbocycles. The van der Waals surface area contributed by atoms with Crippen molar-refractivity contribution in [2.24, 2.45) is 0 Å². The maximum atomic E-state index is 10.9. The van der Waals surface area contributed by atoms with Gasteiger partial charge in [-0.25, -0.2) is 4.79 Å². The van der Waals surface area contributed by atoms with Crippen molar-refractivity contribution in [3.63, 3.8) is 0 Å². The fraction of sp³-hybridized carbons (Fsp3) is 0.400. The van der Waals surface area contributed by atoms with Gasteiger partial charge in [0.1, 0.15) is 11.9 Å². The van der Waals surface area contributed by atoms with Crippen LogP contribution in [0.1, 0.15) is 12.0 Å². The zero-order chi connectivity index (χ0) is 13.7. The summed E-state index contributed by atoms with van der Waals surface area (Å²) in [6.45, 7) is 0. The highest BCUT2D eigenvalue weighted by Gasteiger charge is 2.35. The molecule has 0 N–H and O–H groups in total. The average molecular weight is 262 g/mol. The summed E-state index contributed by atoms with van der Waals surface area (Å²) >= 11 is 0. The van der Waals surface area contributed by atoms with Gasteiger partial charge in [0.2, 0.25) is 0 Å². The largest absolute Gasteiger partial charge is 0.497 e. The SMILES string of the molecule is COC(=O)/C=C/[C@H]1O[C@@H]1CCc1ccc(OC)cc1. The first-order valence-corrected chi connectivity index (χ1v) is 6.27. The third kappa shape index (κ3) is 4.10. The van der Waals surface area contributed by atoms with E-state index >= 15 is 0 Å². The molecule has 1 aromatic carbocycles. The fourth-order valence-corrected chi connectivity index (χ4v) is 1.90. The molecule has 4 heteroatoms. The van der Waals surface area contributed by atoms with Crippen LogP contribution in [0.2, 0.25) is 0 Å². The predicted molar refractivity (Wildman–Crippen MR) is 71.1 cm³/mol. The molecular formula is C15H18O4. The Labute approximate surface area is 113 Å². The van der Waals surface area contributed by atoms with Crippen molar-refractivity contribution >= 4 is 5.97 Å². The molecule has 2 rings (SSSR count). The molecule has 1 aliphatic heterocycles.